The van der Waals surface area contributed by atoms with Gasteiger partial charge in [-0.2, -0.15) is 5.10 Å². The van der Waals surface area contributed by atoms with Gasteiger partial charge in [0.2, 0.25) is 0 Å². The predicted molar refractivity (Wildman–Crippen MR) is 74.4 cm³/mol. The average Bonchev–Trinajstić information content (AvgIpc) is 2.92. The first-order chi connectivity index (χ1) is 9.17. The molecule has 0 fully saturated rings. The fraction of sp³-hybridized carbons (Fsp3) is 0.429. The van der Waals surface area contributed by atoms with Crippen LogP contribution in [0.5, 0.6) is 5.75 Å². The largest absolute Gasteiger partial charge is 0.496 e. The van der Waals surface area contributed by atoms with Crippen molar-refractivity contribution in [3.8, 4) is 5.75 Å². The van der Waals surface area contributed by atoms with Crippen LogP contribution in [0.25, 0.3) is 0 Å². The van der Waals surface area contributed by atoms with Crippen molar-refractivity contribution in [3.63, 3.8) is 0 Å². The van der Waals surface area contributed by atoms with E-state index in [1.807, 2.05) is 6.92 Å². The maximum atomic E-state index is 5.36. The normalized spacial score (nSPS) is 12.4. The number of nitrogens with one attached hydrogen (secondary N) is 2. The van der Waals surface area contributed by atoms with E-state index in [0.717, 1.165) is 23.7 Å². The molecular weight excluding hydrogens is 240 g/mol. The molecular formula is C14H20N4O. The second-order valence-corrected chi connectivity index (χ2v) is 4.54. The number of ether oxygens (including phenoxy) is 1. The monoisotopic (exact) mass is 260 g/mol. The van der Waals surface area contributed by atoms with Crippen LogP contribution in [0.3, 0.4) is 0 Å². The first kappa shape index (κ1) is 13.5. The molecule has 0 saturated carbocycles. The van der Waals surface area contributed by atoms with Gasteiger partial charge in [-0.1, -0.05) is 13.0 Å². The molecule has 102 valence electrons. The highest BCUT2D eigenvalue weighted by atomic mass is 16.5. The number of aromatic amines is 1. The Labute approximate surface area is 113 Å². The smallest absolute Gasteiger partial charge is 0.145 e. The lowest BCUT2D eigenvalue weighted by Gasteiger charge is -2.19. The number of methoxy groups -OCH3 is 1. The second-order valence-electron chi connectivity index (χ2n) is 4.54. The third kappa shape index (κ3) is 2.76. The van der Waals surface area contributed by atoms with E-state index in [9.17, 15) is 0 Å². The van der Waals surface area contributed by atoms with Gasteiger partial charge in [0.05, 0.1) is 13.2 Å². The Kier molecular flexibility index (Phi) is 4.16. The zero-order chi connectivity index (χ0) is 13.8. The summed E-state index contributed by atoms with van der Waals surface area (Å²) < 4.78 is 5.36. The minimum Gasteiger partial charge on any atom is -0.496 e. The molecule has 0 saturated heterocycles. The summed E-state index contributed by atoms with van der Waals surface area (Å²) in [6, 6.07) is 4.23. The molecule has 2 aromatic rings. The van der Waals surface area contributed by atoms with Crippen molar-refractivity contribution in [3.05, 3.63) is 41.0 Å². The van der Waals surface area contributed by atoms with E-state index < -0.39 is 0 Å². The van der Waals surface area contributed by atoms with Crippen molar-refractivity contribution in [1.82, 2.24) is 20.5 Å². The van der Waals surface area contributed by atoms with Crippen molar-refractivity contribution in [2.24, 2.45) is 0 Å². The van der Waals surface area contributed by atoms with Crippen molar-refractivity contribution >= 4 is 0 Å². The Morgan fingerprint density at radius 2 is 2.11 bits per heavy atom. The fourth-order valence-corrected chi connectivity index (χ4v) is 2.26. The molecule has 5 nitrogen and oxygen atoms in total. The highest BCUT2D eigenvalue weighted by molar-refractivity contribution is 5.44. The molecule has 0 spiro atoms. The molecule has 0 aliphatic carbocycles. The van der Waals surface area contributed by atoms with Gasteiger partial charge in [-0.25, -0.2) is 4.98 Å². The van der Waals surface area contributed by atoms with Gasteiger partial charge in [-0.05, 0) is 43.1 Å². The molecule has 1 atom stereocenters. The minimum atomic E-state index is 0.0251. The lowest BCUT2D eigenvalue weighted by Crippen LogP contribution is -2.24. The average molecular weight is 260 g/mol. The summed E-state index contributed by atoms with van der Waals surface area (Å²) in [5, 5.41) is 10.3. The highest BCUT2D eigenvalue weighted by Crippen LogP contribution is 2.28. The van der Waals surface area contributed by atoms with Gasteiger partial charge < -0.3 is 10.1 Å². The standard InChI is InChI=1S/C14H20N4O/c1-5-15-13(14-16-8-17-18-14)11-6-10(3)12(19-4)7-9(11)2/h6-8,13,15H,5H2,1-4H3,(H,16,17,18). The minimum absolute atomic E-state index is 0.0251. The fourth-order valence-electron chi connectivity index (χ4n) is 2.26. The lowest BCUT2D eigenvalue weighted by molar-refractivity contribution is 0.411. The van der Waals surface area contributed by atoms with E-state index in [2.05, 4.69) is 46.5 Å². The van der Waals surface area contributed by atoms with Crippen molar-refractivity contribution in [2.75, 3.05) is 13.7 Å². The van der Waals surface area contributed by atoms with Gasteiger partial charge in [0.1, 0.15) is 17.9 Å². The number of nitrogens with zero attached hydrogens (tertiary/aromatic N) is 2. The predicted octanol–water partition coefficient (Wildman–Crippen LogP) is 2.13. The molecule has 2 N–H and O–H groups in total. The Balaban J connectivity index is 2.45. The molecule has 0 bridgehead atoms. The topological polar surface area (TPSA) is 62.8 Å². The highest BCUT2D eigenvalue weighted by Gasteiger charge is 2.19. The summed E-state index contributed by atoms with van der Waals surface area (Å²) in [6.07, 6.45) is 1.53. The number of benzene rings is 1. The van der Waals surface area contributed by atoms with Gasteiger partial charge in [0.15, 0.2) is 0 Å². The van der Waals surface area contributed by atoms with Crippen LogP contribution in [0.2, 0.25) is 0 Å². The summed E-state index contributed by atoms with van der Waals surface area (Å²) in [7, 11) is 1.69. The maximum Gasteiger partial charge on any atom is 0.145 e. The van der Waals surface area contributed by atoms with Crippen LogP contribution in [0.4, 0.5) is 0 Å². The lowest BCUT2D eigenvalue weighted by atomic mass is 9.97. The van der Waals surface area contributed by atoms with Gasteiger partial charge in [0.25, 0.3) is 0 Å². The molecule has 1 aromatic carbocycles. The Morgan fingerprint density at radius 1 is 1.32 bits per heavy atom. The molecule has 1 unspecified atom stereocenters. The summed E-state index contributed by atoms with van der Waals surface area (Å²) in [5.41, 5.74) is 3.48. The maximum absolute atomic E-state index is 5.36. The van der Waals surface area contributed by atoms with Gasteiger partial charge in [-0.15, -0.1) is 0 Å². The van der Waals surface area contributed by atoms with E-state index in [4.69, 9.17) is 4.74 Å². The summed E-state index contributed by atoms with van der Waals surface area (Å²) in [6.45, 7) is 7.06. The molecule has 0 radical (unpaired) electrons. The van der Waals surface area contributed by atoms with Crippen LogP contribution in [0, 0.1) is 13.8 Å². The van der Waals surface area contributed by atoms with Crippen LogP contribution >= 0.6 is 0 Å². The zero-order valence-electron chi connectivity index (χ0n) is 11.8. The molecule has 2 rings (SSSR count). The molecule has 0 aliphatic rings. The van der Waals surface area contributed by atoms with Crippen molar-refractivity contribution in [2.45, 2.75) is 26.8 Å². The van der Waals surface area contributed by atoms with E-state index in [1.54, 1.807) is 7.11 Å². The zero-order valence-corrected chi connectivity index (χ0v) is 11.8. The summed E-state index contributed by atoms with van der Waals surface area (Å²) in [4.78, 5) is 4.26. The molecule has 5 heteroatoms. The van der Waals surface area contributed by atoms with Crippen molar-refractivity contribution in [1.29, 1.82) is 0 Å². The van der Waals surface area contributed by atoms with Crippen LogP contribution in [0.1, 0.15) is 35.5 Å². The molecule has 19 heavy (non-hydrogen) atoms. The Morgan fingerprint density at radius 3 is 2.68 bits per heavy atom. The molecule has 0 amide bonds. The number of hydrogen-bond donors (Lipinski definition) is 2. The quantitative estimate of drug-likeness (QED) is 0.864. The summed E-state index contributed by atoms with van der Waals surface area (Å²) >= 11 is 0. The van der Waals surface area contributed by atoms with Gasteiger partial charge >= 0.3 is 0 Å². The first-order valence-corrected chi connectivity index (χ1v) is 6.41. The van der Waals surface area contributed by atoms with Crippen LogP contribution in [-0.4, -0.2) is 28.8 Å². The van der Waals surface area contributed by atoms with Gasteiger partial charge in [-0.3, -0.25) is 5.10 Å². The molecule has 0 aliphatic heterocycles. The van der Waals surface area contributed by atoms with Crippen LogP contribution < -0.4 is 10.1 Å². The SMILES string of the molecule is CCNC(c1ncn[nH]1)c1cc(C)c(OC)cc1C. The van der Waals surface area contributed by atoms with E-state index in [0.29, 0.717) is 0 Å². The van der Waals surface area contributed by atoms with Crippen LogP contribution in [-0.2, 0) is 0 Å². The first-order valence-electron chi connectivity index (χ1n) is 6.41. The van der Waals surface area contributed by atoms with E-state index in [1.165, 1.54) is 17.5 Å². The molecule has 1 heterocycles. The Hall–Kier alpha value is -1.88. The second kappa shape index (κ2) is 5.84. The Bertz CT molecular complexity index is 537. The number of rotatable bonds is 5. The van der Waals surface area contributed by atoms with Crippen LogP contribution in [0.15, 0.2) is 18.5 Å². The third-order valence-electron chi connectivity index (χ3n) is 3.21. The summed E-state index contributed by atoms with van der Waals surface area (Å²) in [5.74, 6) is 1.74. The van der Waals surface area contributed by atoms with E-state index >= 15 is 0 Å². The van der Waals surface area contributed by atoms with E-state index in [-0.39, 0.29) is 6.04 Å². The number of aromatic nitrogens is 3. The number of hydrogen-bond acceptors (Lipinski definition) is 4. The number of aryl methyl sites for hydroxylation is 2. The molecule has 1 aromatic heterocycles. The third-order valence-corrected chi connectivity index (χ3v) is 3.21. The number of H-pyrrole nitrogens is 1. The van der Waals surface area contributed by atoms with Crippen molar-refractivity contribution < 1.29 is 4.74 Å². The van der Waals surface area contributed by atoms with Gasteiger partial charge in [0, 0.05) is 0 Å².